The summed E-state index contributed by atoms with van der Waals surface area (Å²) >= 11 is 0. The van der Waals surface area contributed by atoms with Crippen LogP contribution in [-0.4, -0.2) is 39.8 Å². The van der Waals surface area contributed by atoms with E-state index in [2.05, 4.69) is 15.3 Å². The largest absolute Gasteiger partial charge is 0.342 e. The minimum absolute atomic E-state index is 0.0293. The number of carbonyl (C=O) groups is 2. The van der Waals surface area contributed by atoms with Gasteiger partial charge in [-0.25, -0.2) is 4.98 Å². The van der Waals surface area contributed by atoms with Crippen LogP contribution in [0, 0.1) is 0 Å². The number of H-pyrrole nitrogens is 1. The second-order valence-corrected chi connectivity index (χ2v) is 6.31. The Balaban J connectivity index is 1.60. The fraction of sp³-hybridized carbons (Fsp3) is 0.286. The Morgan fingerprint density at radius 2 is 1.85 bits per heavy atom. The van der Waals surface area contributed by atoms with E-state index in [0.717, 1.165) is 16.9 Å². The number of imidazole rings is 1. The van der Waals surface area contributed by atoms with Crippen molar-refractivity contribution in [1.29, 1.82) is 0 Å². The molecule has 2 aromatic carbocycles. The Labute approximate surface area is 158 Å². The summed E-state index contributed by atoms with van der Waals surface area (Å²) in [4.78, 5) is 34.2. The van der Waals surface area contributed by atoms with Crippen LogP contribution in [0.2, 0.25) is 0 Å². The molecule has 0 saturated carbocycles. The third kappa shape index (κ3) is 4.53. The predicted molar refractivity (Wildman–Crippen MR) is 107 cm³/mol. The average molecular weight is 364 g/mol. The van der Waals surface area contributed by atoms with Gasteiger partial charge in [-0.1, -0.05) is 18.2 Å². The normalized spacial score (nSPS) is 10.7. The third-order valence-electron chi connectivity index (χ3n) is 4.47. The fourth-order valence-electron chi connectivity index (χ4n) is 3.00. The van der Waals surface area contributed by atoms with Crippen molar-refractivity contribution >= 4 is 28.5 Å². The monoisotopic (exact) mass is 364 g/mol. The van der Waals surface area contributed by atoms with Crippen LogP contribution in [-0.2, 0) is 11.2 Å². The van der Waals surface area contributed by atoms with Crippen molar-refractivity contribution in [3.8, 4) is 0 Å². The lowest BCUT2D eigenvalue weighted by Gasteiger charge is -2.19. The van der Waals surface area contributed by atoms with E-state index in [1.165, 1.54) is 0 Å². The fourth-order valence-corrected chi connectivity index (χ4v) is 3.00. The standard InChI is InChI=1S/C21H24N4O2/c1-3-25(4-2)21(27)15-8-7-9-16(14-15)22-20(26)13-12-19-23-17-10-5-6-11-18(17)24-19/h5-11,14H,3-4,12-13H2,1-2H3,(H,22,26)(H,23,24). The number of benzene rings is 2. The summed E-state index contributed by atoms with van der Waals surface area (Å²) in [6.45, 7) is 5.21. The van der Waals surface area contributed by atoms with Gasteiger partial charge in [0.1, 0.15) is 5.82 Å². The molecule has 0 aliphatic rings. The Morgan fingerprint density at radius 1 is 1.07 bits per heavy atom. The molecule has 0 fully saturated rings. The summed E-state index contributed by atoms with van der Waals surface area (Å²) in [6, 6.07) is 14.8. The molecule has 0 spiro atoms. The number of amides is 2. The van der Waals surface area contributed by atoms with E-state index in [9.17, 15) is 9.59 Å². The molecule has 0 aliphatic heterocycles. The summed E-state index contributed by atoms with van der Waals surface area (Å²) in [6.07, 6.45) is 0.840. The minimum atomic E-state index is -0.108. The van der Waals surface area contributed by atoms with E-state index < -0.39 is 0 Å². The van der Waals surface area contributed by atoms with Gasteiger partial charge in [-0.2, -0.15) is 0 Å². The first-order valence-corrected chi connectivity index (χ1v) is 9.23. The molecule has 0 unspecified atom stereocenters. The number of nitrogens with one attached hydrogen (secondary N) is 2. The summed E-state index contributed by atoms with van der Waals surface area (Å²) < 4.78 is 0. The number of nitrogens with zero attached hydrogens (tertiary/aromatic N) is 2. The van der Waals surface area contributed by atoms with Gasteiger partial charge >= 0.3 is 0 Å². The highest BCUT2D eigenvalue weighted by Gasteiger charge is 2.13. The molecular formula is C21H24N4O2. The van der Waals surface area contributed by atoms with E-state index in [0.29, 0.717) is 37.2 Å². The lowest BCUT2D eigenvalue weighted by atomic mass is 10.1. The first-order valence-electron chi connectivity index (χ1n) is 9.23. The van der Waals surface area contributed by atoms with Gasteiger partial charge in [0.15, 0.2) is 0 Å². The second kappa shape index (κ2) is 8.49. The van der Waals surface area contributed by atoms with Crippen LogP contribution >= 0.6 is 0 Å². The molecule has 0 bridgehead atoms. The Kier molecular flexibility index (Phi) is 5.86. The molecule has 140 valence electrons. The number of anilines is 1. The maximum atomic E-state index is 12.4. The van der Waals surface area contributed by atoms with Gasteiger partial charge in [-0.3, -0.25) is 9.59 Å². The molecule has 6 nitrogen and oxygen atoms in total. The molecule has 0 atom stereocenters. The first kappa shape index (κ1) is 18.6. The molecular weight excluding hydrogens is 340 g/mol. The molecule has 3 aromatic rings. The van der Waals surface area contributed by atoms with Gasteiger partial charge in [0.05, 0.1) is 11.0 Å². The highest BCUT2D eigenvalue weighted by atomic mass is 16.2. The Hall–Kier alpha value is -3.15. The number of aromatic amines is 1. The average Bonchev–Trinajstić information content (AvgIpc) is 3.10. The Bertz CT molecular complexity index is 911. The van der Waals surface area contributed by atoms with Crippen LogP contribution in [0.1, 0.15) is 36.5 Å². The van der Waals surface area contributed by atoms with Gasteiger partial charge in [-0.15, -0.1) is 0 Å². The summed E-state index contributed by atoms with van der Waals surface area (Å²) in [5, 5.41) is 2.86. The number of aromatic nitrogens is 2. The number of rotatable bonds is 7. The summed E-state index contributed by atoms with van der Waals surface area (Å²) in [7, 11) is 0. The molecule has 2 amide bonds. The minimum Gasteiger partial charge on any atom is -0.342 e. The van der Waals surface area contributed by atoms with Crippen LogP contribution in [0.5, 0.6) is 0 Å². The van der Waals surface area contributed by atoms with E-state index in [1.54, 1.807) is 29.2 Å². The van der Waals surface area contributed by atoms with Crippen molar-refractivity contribution in [2.24, 2.45) is 0 Å². The van der Waals surface area contributed by atoms with Crippen molar-refractivity contribution in [2.75, 3.05) is 18.4 Å². The number of carbonyl (C=O) groups excluding carboxylic acids is 2. The van der Waals surface area contributed by atoms with E-state index >= 15 is 0 Å². The second-order valence-electron chi connectivity index (χ2n) is 6.31. The highest BCUT2D eigenvalue weighted by Crippen LogP contribution is 2.15. The molecule has 27 heavy (non-hydrogen) atoms. The first-order chi connectivity index (χ1) is 13.1. The number of hydrogen-bond acceptors (Lipinski definition) is 3. The summed E-state index contributed by atoms with van der Waals surface area (Å²) in [5.41, 5.74) is 3.07. The van der Waals surface area contributed by atoms with Crippen LogP contribution in [0.15, 0.2) is 48.5 Å². The number of hydrogen-bond donors (Lipinski definition) is 2. The molecule has 2 N–H and O–H groups in total. The topological polar surface area (TPSA) is 78.1 Å². The molecule has 0 radical (unpaired) electrons. The van der Waals surface area contributed by atoms with E-state index in [-0.39, 0.29) is 11.8 Å². The van der Waals surface area contributed by atoms with Crippen LogP contribution in [0.3, 0.4) is 0 Å². The van der Waals surface area contributed by atoms with E-state index in [4.69, 9.17) is 0 Å². The number of para-hydroxylation sites is 2. The van der Waals surface area contributed by atoms with Gasteiger partial charge in [0.25, 0.3) is 5.91 Å². The smallest absolute Gasteiger partial charge is 0.253 e. The van der Waals surface area contributed by atoms with Gasteiger partial charge < -0.3 is 15.2 Å². The zero-order valence-electron chi connectivity index (χ0n) is 15.7. The zero-order chi connectivity index (χ0) is 19.2. The SMILES string of the molecule is CCN(CC)C(=O)c1cccc(NC(=O)CCc2nc3ccccc3[nH]2)c1. The molecule has 1 aromatic heterocycles. The predicted octanol–water partition coefficient (Wildman–Crippen LogP) is 3.62. The summed E-state index contributed by atoms with van der Waals surface area (Å²) in [5.74, 6) is 0.651. The van der Waals surface area contributed by atoms with Crippen molar-refractivity contribution < 1.29 is 9.59 Å². The molecule has 3 rings (SSSR count). The van der Waals surface area contributed by atoms with Crippen LogP contribution in [0.4, 0.5) is 5.69 Å². The lowest BCUT2D eigenvalue weighted by molar-refractivity contribution is -0.116. The van der Waals surface area contributed by atoms with Gasteiger partial charge in [0, 0.05) is 37.2 Å². The van der Waals surface area contributed by atoms with Crippen molar-refractivity contribution in [3.63, 3.8) is 0 Å². The van der Waals surface area contributed by atoms with Crippen LogP contribution in [0.25, 0.3) is 11.0 Å². The Morgan fingerprint density at radius 3 is 2.59 bits per heavy atom. The molecule has 0 aliphatic carbocycles. The maximum Gasteiger partial charge on any atom is 0.253 e. The molecule has 6 heteroatoms. The van der Waals surface area contributed by atoms with Crippen molar-refractivity contribution in [3.05, 3.63) is 59.9 Å². The van der Waals surface area contributed by atoms with Gasteiger partial charge in [0.2, 0.25) is 5.91 Å². The maximum absolute atomic E-state index is 12.4. The number of fused-ring (bicyclic) bond motifs is 1. The third-order valence-corrected chi connectivity index (χ3v) is 4.47. The number of aryl methyl sites for hydroxylation is 1. The van der Waals surface area contributed by atoms with Crippen molar-refractivity contribution in [1.82, 2.24) is 14.9 Å². The van der Waals surface area contributed by atoms with Crippen LogP contribution < -0.4 is 5.32 Å². The van der Waals surface area contributed by atoms with E-state index in [1.807, 2.05) is 38.1 Å². The molecule has 0 saturated heterocycles. The van der Waals surface area contributed by atoms with Crippen molar-refractivity contribution in [2.45, 2.75) is 26.7 Å². The lowest BCUT2D eigenvalue weighted by Crippen LogP contribution is -2.30. The van der Waals surface area contributed by atoms with Gasteiger partial charge in [-0.05, 0) is 44.2 Å². The zero-order valence-corrected chi connectivity index (χ0v) is 15.7. The quantitative estimate of drug-likeness (QED) is 0.672. The highest BCUT2D eigenvalue weighted by molar-refractivity contribution is 5.97. The molecule has 1 heterocycles.